The standard InChI is InChI=1S/C18H17BrN4OS/c1-22(2)15-10-6-13(7-11-15)17(24)23(3)18-21-20-16(25-18)12-4-8-14(19)9-5-12/h4-11H,1-3H3. The van der Waals surface area contributed by atoms with Crippen molar-refractivity contribution >= 4 is 44.0 Å². The highest BCUT2D eigenvalue weighted by atomic mass is 79.9. The van der Waals surface area contributed by atoms with E-state index in [4.69, 9.17) is 0 Å². The predicted octanol–water partition coefficient (Wildman–Crippen LogP) is 4.31. The van der Waals surface area contributed by atoms with E-state index in [9.17, 15) is 4.79 Å². The first kappa shape index (κ1) is 17.6. The second-order valence-electron chi connectivity index (χ2n) is 5.70. The van der Waals surface area contributed by atoms with Crippen molar-refractivity contribution in [3.8, 4) is 10.6 Å². The van der Waals surface area contributed by atoms with Crippen LogP contribution >= 0.6 is 27.3 Å². The second kappa shape index (κ2) is 7.33. The van der Waals surface area contributed by atoms with Crippen molar-refractivity contribution in [1.82, 2.24) is 10.2 Å². The van der Waals surface area contributed by atoms with Gasteiger partial charge >= 0.3 is 0 Å². The molecule has 0 N–H and O–H groups in total. The van der Waals surface area contributed by atoms with Crippen molar-refractivity contribution in [2.75, 3.05) is 30.9 Å². The maximum Gasteiger partial charge on any atom is 0.259 e. The lowest BCUT2D eigenvalue weighted by Crippen LogP contribution is -2.26. The van der Waals surface area contributed by atoms with Crippen LogP contribution < -0.4 is 9.80 Å². The number of anilines is 2. The largest absolute Gasteiger partial charge is 0.378 e. The van der Waals surface area contributed by atoms with Crippen molar-refractivity contribution in [2.24, 2.45) is 0 Å². The van der Waals surface area contributed by atoms with Gasteiger partial charge in [-0.05, 0) is 36.4 Å². The Kier molecular flexibility index (Phi) is 5.15. The van der Waals surface area contributed by atoms with E-state index in [2.05, 4.69) is 26.1 Å². The third kappa shape index (κ3) is 3.88. The number of amides is 1. The minimum atomic E-state index is -0.108. The highest BCUT2D eigenvalue weighted by molar-refractivity contribution is 9.10. The lowest BCUT2D eigenvalue weighted by molar-refractivity contribution is 0.0993. The zero-order valence-corrected chi connectivity index (χ0v) is 16.5. The van der Waals surface area contributed by atoms with Gasteiger partial charge in [-0.1, -0.05) is 39.4 Å². The van der Waals surface area contributed by atoms with Crippen LogP contribution in [0, 0.1) is 0 Å². The summed E-state index contributed by atoms with van der Waals surface area (Å²) in [5, 5.41) is 9.72. The fourth-order valence-corrected chi connectivity index (χ4v) is 3.32. The predicted molar refractivity (Wildman–Crippen MR) is 107 cm³/mol. The molecule has 1 amide bonds. The van der Waals surface area contributed by atoms with E-state index in [1.54, 1.807) is 7.05 Å². The van der Waals surface area contributed by atoms with E-state index in [0.29, 0.717) is 10.7 Å². The van der Waals surface area contributed by atoms with E-state index in [0.717, 1.165) is 20.7 Å². The number of nitrogens with zero attached hydrogens (tertiary/aromatic N) is 4. The molecule has 3 aromatic rings. The van der Waals surface area contributed by atoms with Gasteiger partial charge < -0.3 is 4.90 Å². The molecule has 0 saturated heterocycles. The molecule has 0 aliphatic rings. The quantitative estimate of drug-likeness (QED) is 0.635. The Bertz CT molecular complexity index is 875. The first-order valence-electron chi connectivity index (χ1n) is 7.60. The van der Waals surface area contributed by atoms with Crippen LogP contribution in [0.1, 0.15) is 10.4 Å². The molecule has 5 nitrogen and oxygen atoms in total. The molecule has 0 saturated carbocycles. The Hall–Kier alpha value is -2.25. The number of hydrogen-bond donors (Lipinski definition) is 0. The number of carbonyl (C=O) groups is 1. The van der Waals surface area contributed by atoms with Crippen molar-refractivity contribution in [3.05, 3.63) is 58.6 Å². The minimum absolute atomic E-state index is 0.108. The Morgan fingerprint density at radius 1 is 0.960 bits per heavy atom. The first-order chi connectivity index (χ1) is 12.0. The number of carbonyl (C=O) groups excluding carboxylic acids is 1. The monoisotopic (exact) mass is 416 g/mol. The summed E-state index contributed by atoms with van der Waals surface area (Å²) in [4.78, 5) is 16.2. The number of rotatable bonds is 4. The molecule has 0 aliphatic carbocycles. The van der Waals surface area contributed by atoms with Gasteiger partial charge in [0.25, 0.3) is 5.91 Å². The molecule has 7 heteroatoms. The molecule has 0 spiro atoms. The van der Waals surface area contributed by atoms with Gasteiger partial charge in [-0.25, -0.2) is 0 Å². The average molecular weight is 417 g/mol. The van der Waals surface area contributed by atoms with Crippen molar-refractivity contribution in [2.45, 2.75) is 0 Å². The third-order valence-electron chi connectivity index (χ3n) is 3.73. The summed E-state index contributed by atoms with van der Waals surface area (Å²) in [7, 11) is 5.65. The number of hydrogen-bond acceptors (Lipinski definition) is 5. The Balaban J connectivity index is 1.79. The van der Waals surface area contributed by atoms with Crippen molar-refractivity contribution in [1.29, 1.82) is 0 Å². The van der Waals surface area contributed by atoms with Crippen LogP contribution in [0.2, 0.25) is 0 Å². The molecule has 2 aromatic carbocycles. The van der Waals surface area contributed by atoms with Crippen LogP contribution in [-0.4, -0.2) is 37.2 Å². The maximum absolute atomic E-state index is 12.7. The molecule has 0 radical (unpaired) electrons. The fraction of sp³-hybridized carbons (Fsp3) is 0.167. The summed E-state index contributed by atoms with van der Waals surface area (Å²) in [5.74, 6) is -0.108. The Morgan fingerprint density at radius 3 is 2.20 bits per heavy atom. The van der Waals surface area contributed by atoms with E-state index < -0.39 is 0 Å². The van der Waals surface area contributed by atoms with Crippen LogP contribution in [0.4, 0.5) is 10.8 Å². The highest BCUT2D eigenvalue weighted by Crippen LogP contribution is 2.29. The molecule has 1 aromatic heterocycles. The average Bonchev–Trinajstić information content (AvgIpc) is 3.11. The number of benzene rings is 2. The molecule has 128 valence electrons. The van der Waals surface area contributed by atoms with E-state index >= 15 is 0 Å². The lowest BCUT2D eigenvalue weighted by atomic mass is 10.2. The van der Waals surface area contributed by atoms with E-state index in [1.807, 2.05) is 67.5 Å². The van der Waals surface area contributed by atoms with Gasteiger partial charge in [0, 0.05) is 42.4 Å². The van der Waals surface area contributed by atoms with Crippen LogP contribution in [0.15, 0.2) is 53.0 Å². The molecule has 0 unspecified atom stereocenters. The fourth-order valence-electron chi connectivity index (χ4n) is 2.24. The molecule has 1 heterocycles. The van der Waals surface area contributed by atoms with Gasteiger partial charge in [0.1, 0.15) is 5.01 Å². The van der Waals surface area contributed by atoms with Gasteiger partial charge in [-0.2, -0.15) is 0 Å². The Morgan fingerprint density at radius 2 is 1.60 bits per heavy atom. The van der Waals surface area contributed by atoms with Gasteiger partial charge in [0.05, 0.1) is 0 Å². The summed E-state index contributed by atoms with van der Waals surface area (Å²) >= 11 is 4.81. The second-order valence-corrected chi connectivity index (χ2v) is 7.57. The van der Waals surface area contributed by atoms with Crippen LogP contribution in [0.25, 0.3) is 10.6 Å². The van der Waals surface area contributed by atoms with Gasteiger partial charge in [0.15, 0.2) is 0 Å². The summed E-state index contributed by atoms with van der Waals surface area (Å²) in [6.45, 7) is 0. The van der Waals surface area contributed by atoms with Crippen LogP contribution in [-0.2, 0) is 0 Å². The van der Waals surface area contributed by atoms with Crippen LogP contribution in [0.5, 0.6) is 0 Å². The molecule has 0 aliphatic heterocycles. The van der Waals surface area contributed by atoms with Gasteiger partial charge in [-0.3, -0.25) is 9.69 Å². The highest BCUT2D eigenvalue weighted by Gasteiger charge is 2.18. The van der Waals surface area contributed by atoms with Crippen molar-refractivity contribution in [3.63, 3.8) is 0 Å². The molecule has 0 fully saturated rings. The minimum Gasteiger partial charge on any atom is -0.378 e. The lowest BCUT2D eigenvalue weighted by Gasteiger charge is -2.15. The van der Waals surface area contributed by atoms with Gasteiger partial charge in [-0.15, -0.1) is 10.2 Å². The Labute approximate surface area is 159 Å². The van der Waals surface area contributed by atoms with Crippen LogP contribution in [0.3, 0.4) is 0 Å². The molecule has 25 heavy (non-hydrogen) atoms. The maximum atomic E-state index is 12.7. The molecular weight excluding hydrogens is 400 g/mol. The van der Waals surface area contributed by atoms with Gasteiger partial charge in [0.2, 0.25) is 5.13 Å². The van der Waals surface area contributed by atoms with E-state index in [-0.39, 0.29) is 5.91 Å². The molecule has 0 atom stereocenters. The summed E-state index contributed by atoms with van der Waals surface area (Å²) in [5.41, 5.74) is 2.64. The summed E-state index contributed by atoms with van der Waals surface area (Å²) in [6.07, 6.45) is 0. The normalized spacial score (nSPS) is 10.6. The molecular formula is C18H17BrN4OS. The zero-order chi connectivity index (χ0) is 18.0. The smallest absolute Gasteiger partial charge is 0.259 e. The first-order valence-corrected chi connectivity index (χ1v) is 9.21. The topological polar surface area (TPSA) is 49.3 Å². The van der Waals surface area contributed by atoms with Crippen molar-refractivity contribution < 1.29 is 4.79 Å². The number of aromatic nitrogens is 2. The van der Waals surface area contributed by atoms with E-state index in [1.165, 1.54) is 16.2 Å². The zero-order valence-electron chi connectivity index (χ0n) is 14.1. The molecule has 0 bridgehead atoms. The summed E-state index contributed by atoms with van der Waals surface area (Å²) < 4.78 is 1.01. The number of halogens is 1. The summed E-state index contributed by atoms with van der Waals surface area (Å²) in [6, 6.07) is 15.3. The molecule has 3 rings (SSSR count). The SMILES string of the molecule is CN(C)c1ccc(C(=O)N(C)c2nnc(-c3ccc(Br)cc3)s2)cc1. The third-order valence-corrected chi connectivity index (χ3v) is 5.31.